The normalized spacial score (nSPS) is 11.1. The number of carbonyl (C=O) groups is 1. The molecule has 21 heavy (non-hydrogen) atoms. The van der Waals surface area contributed by atoms with E-state index in [1.54, 1.807) is 16.8 Å². The second-order valence-corrected chi connectivity index (χ2v) is 4.82. The number of hydrogen-bond donors (Lipinski definition) is 2. The maximum atomic E-state index is 12.0. The molecular formula is C14H14N4O3. The molecule has 0 saturated heterocycles. The number of hydrogen-bond acceptors (Lipinski definition) is 3. The van der Waals surface area contributed by atoms with Crippen LogP contribution in [0.3, 0.4) is 0 Å². The molecule has 7 nitrogen and oxygen atoms in total. The summed E-state index contributed by atoms with van der Waals surface area (Å²) in [7, 11) is 1.90. The zero-order valence-electron chi connectivity index (χ0n) is 11.4. The van der Waals surface area contributed by atoms with E-state index in [0.29, 0.717) is 24.0 Å². The van der Waals surface area contributed by atoms with Gasteiger partial charge in [-0.25, -0.2) is 14.6 Å². The largest absolute Gasteiger partial charge is 0.478 e. The van der Waals surface area contributed by atoms with Crippen molar-refractivity contribution in [2.45, 2.75) is 13.0 Å². The van der Waals surface area contributed by atoms with Gasteiger partial charge in [0.1, 0.15) is 5.82 Å². The van der Waals surface area contributed by atoms with Gasteiger partial charge in [0, 0.05) is 32.4 Å². The number of aromatic carboxylic acids is 1. The summed E-state index contributed by atoms with van der Waals surface area (Å²) in [6.07, 6.45) is 4.19. The van der Waals surface area contributed by atoms with Gasteiger partial charge in [0.15, 0.2) is 0 Å². The fourth-order valence-corrected chi connectivity index (χ4v) is 2.37. The lowest BCUT2D eigenvalue weighted by Gasteiger charge is -2.04. The molecular weight excluding hydrogens is 272 g/mol. The SMILES string of the molecule is Cn1ccnc1CCn1c(=O)[nH]c2cc(C(=O)O)ccc21. The van der Waals surface area contributed by atoms with Crippen molar-refractivity contribution in [1.82, 2.24) is 19.1 Å². The molecule has 0 atom stereocenters. The Morgan fingerprint density at radius 1 is 1.43 bits per heavy atom. The van der Waals surface area contributed by atoms with Crippen LogP contribution in [0.15, 0.2) is 35.4 Å². The topological polar surface area (TPSA) is 92.9 Å². The van der Waals surface area contributed by atoms with Crippen molar-refractivity contribution in [2.75, 3.05) is 0 Å². The fraction of sp³-hybridized carbons (Fsp3) is 0.214. The van der Waals surface area contributed by atoms with E-state index < -0.39 is 5.97 Å². The Morgan fingerprint density at radius 2 is 2.24 bits per heavy atom. The quantitative estimate of drug-likeness (QED) is 0.748. The summed E-state index contributed by atoms with van der Waals surface area (Å²) in [5, 5.41) is 8.97. The summed E-state index contributed by atoms with van der Waals surface area (Å²) < 4.78 is 3.50. The minimum atomic E-state index is -1.02. The Bertz CT molecular complexity index is 872. The van der Waals surface area contributed by atoms with Gasteiger partial charge in [-0.05, 0) is 18.2 Å². The summed E-state index contributed by atoms with van der Waals surface area (Å²) in [5.74, 6) is -0.128. The summed E-state index contributed by atoms with van der Waals surface area (Å²) >= 11 is 0. The first kappa shape index (κ1) is 13.2. The van der Waals surface area contributed by atoms with Crippen LogP contribution < -0.4 is 5.69 Å². The van der Waals surface area contributed by atoms with Gasteiger partial charge in [0.05, 0.1) is 16.6 Å². The number of carboxylic acid groups (broad SMARTS) is 1. The number of benzene rings is 1. The lowest BCUT2D eigenvalue weighted by Crippen LogP contribution is -2.18. The highest BCUT2D eigenvalue weighted by Crippen LogP contribution is 2.13. The van der Waals surface area contributed by atoms with Crippen LogP contribution in [0, 0.1) is 0 Å². The number of aromatic amines is 1. The number of H-pyrrole nitrogens is 1. The Morgan fingerprint density at radius 3 is 2.90 bits per heavy atom. The second kappa shape index (κ2) is 4.93. The Kier molecular flexibility index (Phi) is 3.09. The van der Waals surface area contributed by atoms with Gasteiger partial charge in [0.2, 0.25) is 0 Å². The van der Waals surface area contributed by atoms with Crippen molar-refractivity contribution < 1.29 is 9.90 Å². The minimum Gasteiger partial charge on any atom is -0.478 e. The van der Waals surface area contributed by atoms with Gasteiger partial charge >= 0.3 is 11.7 Å². The third-order valence-corrected chi connectivity index (χ3v) is 3.50. The minimum absolute atomic E-state index is 0.153. The molecule has 7 heteroatoms. The second-order valence-electron chi connectivity index (χ2n) is 4.82. The Balaban J connectivity index is 1.95. The Hall–Kier alpha value is -2.83. The molecule has 0 aliphatic carbocycles. The Labute approximate surface area is 119 Å². The molecule has 3 aromatic rings. The molecule has 108 valence electrons. The van der Waals surface area contributed by atoms with E-state index in [0.717, 1.165) is 5.82 Å². The van der Waals surface area contributed by atoms with E-state index in [1.807, 2.05) is 17.8 Å². The molecule has 0 aliphatic heterocycles. The average Bonchev–Trinajstić information content (AvgIpc) is 2.98. The van der Waals surface area contributed by atoms with Crippen LogP contribution in [-0.4, -0.2) is 30.2 Å². The van der Waals surface area contributed by atoms with Crippen molar-refractivity contribution in [1.29, 1.82) is 0 Å². The molecule has 0 radical (unpaired) electrons. The third kappa shape index (κ3) is 2.33. The van der Waals surface area contributed by atoms with Crippen LogP contribution in [0.5, 0.6) is 0 Å². The molecule has 2 N–H and O–H groups in total. The highest BCUT2D eigenvalue weighted by Gasteiger charge is 2.10. The fourth-order valence-electron chi connectivity index (χ4n) is 2.37. The average molecular weight is 286 g/mol. The highest BCUT2D eigenvalue weighted by atomic mass is 16.4. The number of nitrogens with one attached hydrogen (secondary N) is 1. The smallest absolute Gasteiger partial charge is 0.335 e. The van der Waals surface area contributed by atoms with Crippen LogP contribution in [-0.2, 0) is 20.0 Å². The van der Waals surface area contributed by atoms with Crippen LogP contribution in [0.25, 0.3) is 11.0 Å². The molecule has 0 bridgehead atoms. The van der Waals surface area contributed by atoms with Crippen LogP contribution in [0.1, 0.15) is 16.2 Å². The lowest BCUT2D eigenvalue weighted by molar-refractivity contribution is 0.0697. The van der Waals surface area contributed by atoms with Gasteiger partial charge in [0.25, 0.3) is 0 Å². The molecule has 3 rings (SSSR count). The van der Waals surface area contributed by atoms with Gasteiger partial charge in [-0.1, -0.05) is 0 Å². The summed E-state index contributed by atoms with van der Waals surface area (Å²) in [6.45, 7) is 0.482. The van der Waals surface area contributed by atoms with E-state index >= 15 is 0 Å². The number of nitrogens with zero attached hydrogens (tertiary/aromatic N) is 3. The standard InChI is InChI=1S/C14H14N4O3/c1-17-7-5-15-12(17)4-6-18-11-3-2-9(13(19)20)8-10(11)16-14(18)21/h2-3,5,7-8H,4,6H2,1H3,(H,16,21)(H,19,20). The van der Waals surface area contributed by atoms with Crippen molar-refractivity contribution in [3.05, 3.63) is 52.5 Å². The lowest BCUT2D eigenvalue weighted by atomic mass is 10.2. The van der Waals surface area contributed by atoms with E-state index in [9.17, 15) is 9.59 Å². The molecule has 2 heterocycles. The first-order chi connectivity index (χ1) is 10.1. The predicted octanol–water partition coefficient (Wildman–Crippen LogP) is 1.00. The molecule has 0 spiro atoms. The number of imidazole rings is 2. The molecule has 1 aromatic carbocycles. The van der Waals surface area contributed by atoms with Crippen molar-refractivity contribution in [3.63, 3.8) is 0 Å². The maximum Gasteiger partial charge on any atom is 0.335 e. The van der Waals surface area contributed by atoms with E-state index in [4.69, 9.17) is 5.11 Å². The van der Waals surface area contributed by atoms with Crippen molar-refractivity contribution in [3.8, 4) is 0 Å². The van der Waals surface area contributed by atoms with E-state index in [-0.39, 0.29) is 11.3 Å². The first-order valence-corrected chi connectivity index (χ1v) is 6.48. The highest BCUT2D eigenvalue weighted by molar-refractivity contribution is 5.92. The summed E-state index contributed by atoms with van der Waals surface area (Å²) in [6, 6.07) is 4.61. The number of fused-ring (bicyclic) bond motifs is 1. The number of aromatic nitrogens is 4. The molecule has 0 amide bonds. The number of carboxylic acids is 1. The van der Waals surface area contributed by atoms with E-state index in [1.165, 1.54) is 12.1 Å². The van der Waals surface area contributed by atoms with Gasteiger partial charge in [-0.3, -0.25) is 4.57 Å². The van der Waals surface area contributed by atoms with Gasteiger partial charge in [-0.2, -0.15) is 0 Å². The zero-order valence-corrected chi connectivity index (χ0v) is 11.4. The molecule has 0 unspecified atom stereocenters. The monoisotopic (exact) mass is 286 g/mol. The van der Waals surface area contributed by atoms with Crippen molar-refractivity contribution >= 4 is 17.0 Å². The molecule has 0 saturated carbocycles. The molecule has 0 aliphatic rings. The third-order valence-electron chi connectivity index (χ3n) is 3.50. The molecule has 2 aromatic heterocycles. The molecule has 0 fully saturated rings. The van der Waals surface area contributed by atoms with Crippen LogP contribution >= 0.6 is 0 Å². The first-order valence-electron chi connectivity index (χ1n) is 6.48. The summed E-state index contributed by atoms with van der Waals surface area (Å²) in [5.41, 5.74) is 1.13. The van der Waals surface area contributed by atoms with E-state index in [2.05, 4.69) is 9.97 Å². The van der Waals surface area contributed by atoms with Crippen molar-refractivity contribution in [2.24, 2.45) is 7.05 Å². The number of aryl methyl sites for hydroxylation is 3. The zero-order chi connectivity index (χ0) is 15.0. The van der Waals surface area contributed by atoms with Crippen LogP contribution in [0.2, 0.25) is 0 Å². The summed E-state index contributed by atoms with van der Waals surface area (Å²) in [4.78, 5) is 29.8. The van der Waals surface area contributed by atoms with Crippen LogP contribution in [0.4, 0.5) is 0 Å². The van der Waals surface area contributed by atoms with Gasteiger partial charge < -0.3 is 14.7 Å². The predicted molar refractivity (Wildman–Crippen MR) is 76.4 cm³/mol. The number of rotatable bonds is 4. The maximum absolute atomic E-state index is 12.0. The van der Waals surface area contributed by atoms with Gasteiger partial charge in [-0.15, -0.1) is 0 Å².